The Balaban J connectivity index is 0.00000432. The van der Waals surface area contributed by atoms with Crippen LogP contribution in [0.3, 0.4) is 0 Å². The highest BCUT2D eigenvalue weighted by atomic mass is 32.1. The molecule has 9 heteroatoms. The number of benzene rings is 2. The van der Waals surface area contributed by atoms with Crippen molar-refractivity contribution in [1.82, 2.24) is 9.88 Å². The number of halogens is 3. The van der Waals surface area contributed by atoms with Gasteiger partial charge in [-0.3, -0.25) is 4.79 Å². The van der Waals surface area contributed by atoms with Crippen molar-refractivity contribution in [1.29, 1.82) is 0 Å². The zero-order valence-corrected chi connectivity index (χ0v) is 20.1. The molecule has 0 aliphatic heterocycles. The Morgan fingerprint density at radius 1 is 1.12 bits per heavy atom. The number of aryl methyl sites for hydroxylation is 2. The second-order valence-electron chi connectivity index (χ2n) is 8.24. The molecule has 1 heterocycles. The van der Waals surface area contributed by atoms with Gasteiger partial charge in [0.1, 0.15) is 5.69 Å². The van der Waals surface area contributed by atoms with Crippen molar-refractivity contribution < 1.29 is 19.4 Å². The number of rotatable bonds is 9. The fraction of sp³-hybridized carbons (Fsp3) is 0.360. The molecule has 3 N–H and O–H groups in total. The molecule has 184 valence electrons. The first kappa shape index (κ1) is 25.7. The van der Waals surface area contributed by atoms with Crippen molar-refractivity contribution in [2.24, 2.45) is 10.7 Å². The van der Waals surface area contributed by atoms with Gasteiger partial charge >= 0.3 is 6.18 Å². The Morgan fingerprint density at radius 3 is 2.53 bits per heavy atom. The number of carbonyl (C=O) groups is 1. The number of alkyl halides is 3. The molecule has 0 radical (unpaired) electrons. The number of nitrogens with one attached hydrogen (secondary N) is 1. The van der Waals surface area contributed by atoms with Crippen molar-refractivity contribution in [3.63, 3.8) is 0 Å². The average molecular weight is 493 g/mol. The summed E-state index contributed by atoms with van der Waals surface area (Å²) in [6, 6.07) is 11.0. The van der Waals surface area contributed by atoms with E-state index in [0.29, 0.717) is 29.1 Å². The van der Waals surface area contributed by atoms with Crippen LogP contribution in [0.1, 0.15) is 53.4 Å². The lowest BCUT2D eigenvalue weighted by Crippen LogP contribution is -2.28. The topological polar surface area (TPSA) is 72.4 Å². The quantitative estimate of drug-likeness (QED) is 0.375. The molecule has 1 amide bonds. The van der Waals surface area contributed by atoms with Gasteiger partial charge in [-0.2, -0.15) is 13.2 Å². The lowest BCUT2D eigenvalue weighted by Gasteiger charge is -2.11. The van der Waals surface area contributed by atoms with Crippen molar-refractivity contribution in [3.05, 3.63) is 80.6 Å². The van der Waals surface area contributed by atoms with E-state index >= 15 is 0 Å². The lowest BCUT2D eigenvalue weighted by molar-refractivity contribution is -0.137. The minimum atomic E-state index is -4.43. The van der Waals surface area contributed by atoms with Crippen LogP contribution in [0.5, 0.6) is 0 Å². The third-order valence-electron chi connectivity index (χ3n) is 5.25. The van der Waals surface area contributed by atoms with Crippen molar-refractivity contribution >= 4 is 22.9 Å². The molecule has 5 nitrogen and oxygen atoms in total. The molecule has 2 aromatic carbocycles. The number of amides is 1. The lowest BCUT2D eigenvalue weighted by atomic mass is 10.1. The van der Waals surface area contributed by atoms with Gasteiger partial charge < -0.3 is 15.6 Å². The summed E-state index contributed by atoms with van der Waals surface area (Å²) in [5.41, 5.74) is 8.70. The maximum Gasteiger partial charge on any atom is 0.416 e. The molecule has 3 aromatic rings. The molecule has 0 spiro atoms. The molecule has 0 atom stereocenters. The maximum atomic E-state index is 13.0. The fourth-order valence-corrected chi connectivity index (χ4v) is 4.59. The third kappa shape index (κ3) is 7.04. The number of hydrogen-bond donors (Lipinski definition) is 2. The first-order chi connectivity index (χ1) is 16.2. The second-order valence-corrected chi connectivity index (χ2v) is 9.08. The normalized spacial score (nSPS) is 12.2. The van der Waals surface area contributed by atoms with Crippen LogP contribution in [0.2, 0.25) is 0 Å². The molecule has 1 aromatic heterocycles. The summed E-state index contributed by atoms with van der Waals surface area (Å²) in [7, 11) is 0. The average Bonchev–Trinajstić information content (AvgIpc) is 3.16. The Bertz CT molecular complexity index is 1180. The zero-order chi connectivity index (χ0) is 24.7. The summed E-state index contributed by atoms with van der Waals surface area (Å²) in [5.74, 6) is -0.352. The summed E-state index contributed by atoms with van der Waals surface area (Å²) in [5, 5.41) is 4.49. The van der Waals surface area contributed by atoms with Crippen LogP contribution in [-0.2, 0) is 19.3 Å². The number of aromatic nitrogens is 1. The molecule has 0 aliphatic carbocycles. The Morgan fingerprint density at radius 2 is 1.85 bits per heavy atom. The SMILES string of the molecule is Cc1cc(C)cc(N=c2scc(C(=O)NCc3cccc(C(F)(F)F)c3)n2CCCCCN)c1.[HH]. The fourth-order valence-electron chi connectivity index (χ4n) is 3.66. The predicted octanol–water partition coefficient (Wildman–Crippen LogP) is 5.72. The highest BCUT2D eigenvalue weighted by molar-refractivity contribution is 7.07. The summed E-state index contributed by atoms with van der Waals surface area (Å²) >= 11 is 1.36. The molecule has 0 bridgehead atoms. The van der Waals surface area contributed by atoms with Crippen LogP contribution < -0.4 is 15.9 Å². The van der Waals surface area contributed by atoms with Gasteiger partial charge in [-0.05, 0) is 74.2 Å². The van der Waals surface area contributed by atoms with E-state index in [0.717, 1.165) is 48.2 Å². The summed E-state index contributed by atoms with van der Waals surface area (Å²) < 4.78 is 40.8. The van der Waals surface area contributed by atoms with Crippen molar-refractivity contribution in [3.8, 4) is 0 Å². The standard InChI is InChI=1S/C25H29F3N4OS.H2/c1-17-11-18(2)13-21(12-17)31-24-32(10-5-3-4-9-29)22(16-34-24)23(33)30-15-19-7-6-8-20(14-19)25(26,27)28;/h6-8,11-14,16H,3-5,9-10,15,29H2,1-2H3,(H,30,33);1H. The Hall–Kier alpha value is -2.91. The van der Waals surface area contributed by atoms with Crippen LogP contribution in [0.15, 0.2) is 52.8 Å². The van der Waals surface area contributed by atoms with E-state index in [1.165, 1.54) is 17.4 Å². The monoisotopic (exact) mass is 492 g/mol. The third-order valence-corrected chi connectivity index (χ3v) is 6.12. The van der Waals surface area contributed by atoms with E-state index in [-0.39, 0.29) is 13.9 Å². The van der Waals surface area contributed by atoms with E-state index < -0.39 is 11.7 Å². The van der Waals surface area contributed by atoms with Gasteiger partial charge in [0.2, 0.25) is 0 Å². The zero-order valence-electron chi connectivity index (χ0n) is 19.3. The molecule has 0 saturated heterocycles. The van der Waals surface area contributed by atoms with Gasteiger partial charge in [0, 0.05) is 19.9 Å². The summed E-state index contributed by atoms with van der Waals surface area (Å²) in [6.07, 6.45) is -1.77. The van der Waals surface area contributed by atoms with Crippen LogP contribution in [0.4, 0.5) is 18.9 Å². The van der Waals surface area contributed by atoms with E-state index in [9.17, 15) is 18.0 Å². The maximum absolute atomic E-state index is 13.0. The van der Waals surface area contributed by atoms with Crippen LogP contribution in [0.25, 0.3) is 0 Å². The highest BCUT2D eigenvalue weighted by Gasteiger charge is 2.30. The molecular formula is C25H31F3N4OS. The number of nitrogens with two attached hydrogens (primary N) is 1. The van der Waals surface area contributed by atoms with Crippen LogP contribution >= 0.6 is 11.3 Å². The first-order valence-corrected chi connectivity index (χ1v) is 12.0. The molecule has 0 fully saturated rings. The van der Waals surface area contributed by atoms with Gasteiger partial charge in [-0.1, -0.05) is 24.6 Å². The van der Waals surface area contributed by atoms with E-state index in [2.05, 4.69) is 11.4 Å². The van der Waals surface area contributed by atoms with Gasteiger partial charge in [0.15, 0.2) is 4.80 Å². The number of carbonyl (C=O) groups excluding carboxylic acids is 1. The van der Waals surface area contributed by atoms with Gasteiger partial charge in [0.25, 0.3) is 5.91 Å². The number of thiazole rings is 1. The second kappa shape index (κ2) is 11.5. The molecule has 0 aliphatic rings. The molecule has 3 rings (SSSR count). The van der Waals surface area contributed by atoms with Gasteiger partial charge in [-0.25, -0.2) is 4.99 Å². The smallest absolute Gasteiger partial charge is 0.347 e. The van der Waals surface area contributed by atoms with Crippen LogP contribution in [-0.4, -0.2) is 17.0 Å². The van der Waals surface area contributed by atoms with Crippen molar-refractivity contribution in [2.45, 2.75) is 52.4 Å². The molecule has 34 heavy (non-hydrogen) atoms. The largest absolute Gasteiger partial charge is 0.416 e. The van der Waals surface area contributed by atoms with Crippen LogP contribution in [0, 0.1) is 13.8 Å². The molecule has 0 unspecified atom stereocenters. The van der Waals surface area contributed by atoms with E-state index in [1.54, 1.807) is 11.4 Å². The predicted molar refractivity (Wildman–Crippen MR) is 131 cm³/mol. The van der Waals surface area contributed by atoms with Gasteiger partial charge in [0.05, 0.1) is 11.3 Å². The van der Waals surface area contributed by atoms with E-state index in [4.69, 9.17) is 10.7 Å². The minimum absolute atomic E-state index is 0. The number of nitrogens with zero attached hydrogens (tertiary/aromatic N) is 2. The Kier molecular flexibility index (Phi) is 8.68. The van der Waals surface area contributed by atoms with Crippen molar-refractivity contribution in [2.75, 3.05) is 6.54 Å². The number of unbranched alkanes of at least 4 members (excludes halogenated alkanes) is 2. The number of hydrogen-bond acceptors (Lipinski definition) is 4. The van der Waals surface area contributed by atoms with E-state index in [1.807, 2.05) is 30.5 Å². The Labute approximate surface area is 202 Å². The molecule has 0 saturated carbocycles. The summed E-state index contributed by atoms with van der Waals surface area (Å²) in [4.78, 5) is 18.4. The summed E-state index contributed by atoms with van der Waals surface area (Å²) in [6.45, 7) is 5.22. The minimum Gasteiger partial charge on any atom is -0.347 e. The highest BCUT2D eigenvalue weighted by Crippen LogP contribution is 2.29. The first-order valence-electron chi connectivity index (χ1n) is 11.1. The molecular weight excluding hydrogens is 461 g/mol. The van der Waals surface area contributed by atoms with Gasteiger partial charge in [-0.15, -0.1) is 11.3 Å².